The van der Waals surface area contributed by atoms with Gasteiger partial charge >= 0.3 is 5.97 Å². The number of rotatable bonds is 6. The molecule has 1 rings (SSSR count). The van der Waals surface area contributed by atoms with Gasteiger partial charge in [-0.2, -0.15) is 0 Å². The molecule has 0 heterocycles. The van der Waals surface area contributed by atoms with E-state index in [4.69, 9.17) is 9.47 Å². The zero-order valence-corrected chi connectivity index (χ0v) is 10.6. The predicted molar refractivity (Wildman–Crippen MR) is 66.2 cm³/mol. The van der Waals surface area contributed by atoms with Crippen LogP contribution in [-0.4, -0.2) is 43.6 Å². The van der Waals surface area contributed by atoms with E-state index < -0.39 is 5.97 Å². The molecule has 18 heavy (non-hydrogen) atoms. The molecule has 0 saturated heterocycles. The number of carbonyl (C=O) groups is 2. The summed E-state index contributed by atoms with van der Waals surface area (Å²) in [5.41, 5.74) is 0. The maximum Gasteiger partial charge on any atom is 0.325 e. The summed E-state index contributed by atoms with van der Waals surface area (Å²) in [7, 11) is 1.54. The summed E-state index contributed by atoms with van der Waals surface area (Å²) in [5, 5.41) is 0. The molecule has 1 aromatic carbocycles. The highest BCUT2D eigenvalue weighted by Gasteiger charge is 2.13. The third kappa shape index (κ3) is 4.86. The van der Waals surface area contributed by atoms with Gasteiger partial charge in [0.2, 0.25) is 0 Å². The molecular weight excluding hydrogens is 234 g/mol. The van der Waals surface area contributed by atoms with Crippen LogP contribution in [0.1, 0.15) is 6.92 Å². The molecule has 0 saturated carbocycles. The minimum atomic E-state index is -0.423. The number of likely N-dealkylation sites (N-methyl/N-ethyl adjacent to an activating group) is 1. The molecule has 0 aliphatic carbocycles. The van der Waals surface area contributed by atoms with E-state index in [0.29, 0.717) is 12.4 Å². The first-order valence-electron chi connectivity index (χ1n) is 5.71. The Bertz CT molecular complexity index is 391. The third-order valence-corrected chi connectivity index (χ3v) is 2.20. The number of hydrogen-bond donors (Lipinski definition) is 0. The molecule has 0 radical (unpaired) electrons. The summed E-state index contributed by atoms with van der Waals surface area (Å²) in [6.07, 6.45) is 0. The number of esters is 1. The first kappa shape index (κ1) is 14.0. The van der Waals surface area contributed by atoms with Crippen LogP contribution in [0.2, 0.25) is 0 Å². The number of nitrogens with zero attached hydrogens (tertiary/aromatic N) is 1. The largest absolute Gasteiger partial charge is 0.484 e. The van der Waals surface area contributed by atoms with Crippen LogP contribution < -0.4 is 4.74 Å². The predicted octanol–water partition coefficient (Wildman–Crippen LogP) is 1.09. The topological polar surface area (TPSA) is 55.8 Å². The lowest BCUT2D eigenvalue weighted by Gasteiger charge is -2.16. The fourth-order valence-electron chi connectivity index (χ4n) is 1.26. The normalized spacial score (nSPS) is 9.67. The van der Waals surface area contributed by atoms with Gasteiger partial charge in [0.15, 0.2) is 6.61 Å². The lowest BCUT2D eigenvalue weighted by Crippen LogP contribution is -2.36. The van der Waals surface area contributed by atoms with Crippen LogP contribution in [0, 0.1) is 0 Å². The zero-order chi connectivity index (χ0) is 13.4. The average Bonchev–Trinajstić information content (AvgIpc) is 2.37. The minimum absolute atomic E-state index is 0.0647. The van der Waals surface area contributed by atoms with Crippen LogP contribution in [-0.2, 0) is 14.3 Å². The Kier molecular flexibility index (Phi) is 5.70. The van der Waals surface area contributed by atoms with Gasteiger partial charge in [-0.1, -0.05) is 18.2 Å². The monoisotopic (exact) mass is 251 g/mol. The zero-order valence-electron chi connectivity index (χ0n) is 10.6. The summed E-state index contributed by atoms with van der Waals surface area (Å²) >= 11 is 0. The molecule has 0 aliphatic heterocycles. The Morgan fingerprint density at radius 1 is 1.22 bits per heavy atom. The standard InChI is InChI=1S/C13H17NO4/c1-3-17-13(16)9-14(2)12(15)10-18-11-7-5-4-6-8-11/h4-8H,3,9-10H2,1-2H3. The molecular formula is C13H17NO4. The fraction of sp³-hybridized carbons (Fsp3) is 0.385. The van der Waals surface area contributed by atoms with Crippen LogP contribution in [0.25, 0.3) is 0 Å². The molecule has 0 unspecified atom stereocenters. The van der Waals surface area contributed by atoms with Crippen molar-refractivity contribution in [2.75, 3.05) is 26.8 Å². The van der Waals surface area contributed by atoms with Crippen LogP contribution in [0.3, 0.4) is 0 Å². The maximum atomic E-state index is 11.6. The van der Waals surface area contributed by atoms with Gasteiger partial charge < -0.3 is 14.4 Å². The van der Waals surface area contributed by atoms with Gasteiger partial charge in [-0.05, 0) is 19.1 Å². The second-order valence-electron chi connectivity index (χ2n) is 3.66. The van der Waals surface area contributed by atoms with E-state index in [9.17, 15) is 9.59 Å². The van der Waals surface area contributed by atoms with Crippen LogP contribution in [0.15, 0.2) is 30.3 Å². The van der Waals surface area contributed by atoms with Gasteiger partial charge in [-0.15, -0.1) is 0 Å². The van der Waals surface area contributed by atoms with Crippen LogP contribution in [0.5, 0.6) is 5.75 Å². The Labute approximate surface area is 106 Å². The van der Waals surface area contributed by atoms with E-state index in [-0.39, 0.29) is 19.1 Å². The summed E-state index contributed by atoms with van der Waals surface area (Å²) in [6.45, 7) is 1.87. The number of benzene rings is 1. The van der Waals surface area contributed by atoms with E-state index in [1.54, 1.807) is 19.1 Å². The van der Waals surface area contributed by atoms with Gasteiger partial charge in [-0.3, -0.25) is 9.59 Å². The SMILES string of the molecule is CCOC(=O)CN(C)C(=O)COc1ccccc1. The van der Waals surface area contributed by atoms with Gasteiger partial charge in [0.05, 0.1) is 6.61 Å². The number of carbonyl (C=O) groups excluding carboxylic acids is 2. The molecule has 0 N–H and O–H groups in total. The quantitative estimate of drug-likeness (QED) is 0.710. The summed E-state index contributed by atoms with van der Waals surface area (Å²) in [4.78, 5) is 24.1. The molecule has 0 spiro atoms. The maximum absolute atomic E-state index is 11.6. The van der Waals surface area contributed by atoms with E-state index >= 15 is 0 Å². The van der Waals surface area contributed by atoms with Crippen molar-refractivity contribution in [3.63, 3.8) is 0 Å². The molecule has 1 amide bonds. The van der Waals surface area contributed by atoms with E-state index in [1.165, 1.54) is 11.9 Å². The summed E-state index contributed by atoms with van der Waals surface area (Å²) in [6, 6.07) is 9.03. The van der Waals surface area contributed by atoms with Crippen molar-refractivity contribution in [3.05, 3.63) is 30.3 Å². The van der Waals surface area contributed by atoms with Crippen molar-refractivity contribution in [1.29, 1.82) is 0 Å². The van der Waals surface area contributed by atoms with E-state index in [0.717, 1.165) is 0 Å². The lowest BCUT2D eigenvalue weighted by atomic mass is 10.3. The van der Waals surface area contributed by atoms with Crippen LogP contribution in [0.4, 0.5) is 0 Å². The summed E-state index contributed by atoms with van der Waals surface area (Å²) in [5.74, 6) is -0.0737. The average molecular weight is 251 g/mol. The Balaban J connectivity index is 2.34. The minimum Gasteiger partial charge on any atom is -0.484 e. The first-order valence-corrected chi connectivity index (χ1v) is 5.71. The highest BCUT2D eigenvalue weighted by atomic mass is 16.5. The van der Waals surface area contributed by atoms with Crippen molar-refractivity contribution in [1.82, 2.24) is 4.90 Å². The van der Waals surface area contributed by atoms with Crippen molar-refractivity contribution in [2.45, 2.75) is 6.92 Å². The highest BCUT2D eigenvalue weighted by molar-refractivity contribution is 5.82. The number of ether oxygens (including phenoxy) is 2. The molecule has 0 aliphatic rings. The molecule has 1 aromatic rings. The van der Waals surface area contributed by atoms with Crippen molar-refractivity contribution < 1.29 is 19.1 Å². The van der Waals surface area contributed by atoms with Gasteiger partial charge in [0, 0.05) is 7.05 Å². The van der Waals surface area contributed by atoms with Gasteiger partial charge in [0.25, 0.3) is 5.91 Å². The van der Waals surface area contributed by atoms with Crippen molar-refractivity contribution in [3.8, 4) is 5.75 Å². The second-order valence-corrected chi connectivity index (χ2v) is 3.66. The van der Waals surface area contributed by atoms with Crippen molar-refractivity contribution in [2.24, 2.45) is 0 Å². The fourth-order valence-corrected chi connectivity index (χ4v) is 1.26. The van der Waals surface area contributed by atoms with E-state index in [2.05, 4.69) is 0 Å². The second kappa shape index (κ2) is 7.32. The highest BCUT2D eigenvalue weighted by Crippen LogP contribution is 2.08. The first-order chi connectivity index (χ1) is 8.63. The van der Waals surface area contributed by atoms with Gasteiger partial charge in [-0.25, -0.2) is 0 Å². The Morgan fingerprint density at radius 3 is 2.50 bits per heavy atom. The molecule has 5 heteroatoms. The Morgan fingerprint density at radius 2 is 1.89 bits per heavy atom. The number of amides is 1. The number of para-hydroxylation sites is 1. The van der Waals surface area contributed by atoms with Crippen molar-refractivity contribution >= 4 is 11.9 Å². The third-order valence-electron chi connectivity index (χ3n) is 2.20. The molecule has 0 fully saturated rings. The molecule has 0 bridgehead atoms. The van der Waals surface area contributed by atoms with Gasteiger partial charge in [0.1, 0.15) is 12.3 Å². The summed E-state index contributed by atoms with van der Waals surface area (Å²) < 4.78 is 10.0. The number of hydrogen-bond acceptors (Lipinski definition) is 4. The Hall–Kier alpha value is -2.04. The van der Waals surface area contributed by atoms with E-state index in [1.807, 2.05) is 18.2 Å². The molecule has 0 aromatic heterocycles. The smallest absolute Gasteiger partial charge is 0.325 e. The molecule has 5 nitrogen and oxygen atoms in total. The van der Waals surface area contributed by atoms with Crippen LogP contribution >= 0.6 is 0 Å². The molecule has 98 valence electrons. The molecule has 0 atom stereocenters. The lowest BCUT2D eigenvalue weighted by molar-refractivity contribution is -0.148.